The third-order valence-electron chi connectivity index (χ3n) is 3.84. The second-order valence-corrected chi connectivity index (χ2v) is 5.18. The number of β-amino-alcohol motifs (C(OH)–C–C–N with tert-alkyl or cyclic N) is 1. The lowest BCUT2D eigenvalue weighted by molar-refractivity contribution is -0.385. The average Bonchev–Trinajstić information content (AvgIpc) is 2.80. The van der Waals surface area contributed by atoms with Gasteiger partial charge in [-0.25, -0.2) is 0 Å². The van der Waals surface area contributed by atoms with Crippen molar-refractivity contribution in [3.8, 4) is 0 Å². The molecule has 0 amide bonds. The standard InChI is InChI=1S/C14H18N2O5/c1-9-10(4-3-5-12(9)16(19)20)7-15-8-11(17)6-13(15)14(18)21-2/h3-5,11,13,17H,6-8H2,1-2H3/t11-,13-/m0/s1. The molecule has 1 saturated heterocycles. The van der Waals surface area contributed by atoms with Crippen LogP contribution in [0.1, 0.15) is 17.5 Å². The van der Waals surface area contributed by atoms with E-state index in [-0.39, 0.29) is 5.69 Å². The highest BCUT2D eigenvalue weighted by Gasteiger charge is 2.37. The Morgan fingerprint density at radius 2 is 2.29 bits per heavy atom. The van der Waals surface area contributed by atoms with Crippen LogP contribution in [0.2, 0.25) is 0 Å². The molecule has 1 heterocycles. The van der Waals surface area contributed by atoms with Crippen LogP contribution in [0.15, 0.2) is 18.2 Å². The minimum absolute atomic E-state index is 0.0573. The molecule has 1 fully saturated rings. The van der Waals surface area contributed by atoms with E-state index in [1.807, 2.05) is 0 Å². The summed E-state index contributed by atoms with van der Waals surface area (Å²) >= 11 is 0. The Balaban J connectivity index is 2.23. The van der Waals surface area contributed by atoms with Gasteiger partial charge in [-0.15, -0.1) is 0 Å². The number of rotatable bonds is 4. The number of hydrogen-bond acceptors (Lipinski definition) is 6. The molecule has 7 heteroatoms. The third kappa shape index (κ3) is 3.20. The largest absolute Gasteiger partial charge is 0.468 e. The van der Waals surface area contributed by atoms with E-state index in [1.165, 1.54) is 13.2 Å². The number of aliphatic hydroxyl groups is 1. The molecule has 0 aliphatic carbocycles. The number of benzene rings is 1. The Morgan fingerprint density at radius 3 is 2.90 bits per heavy atom. The second kappa shape index (κ2) is 6.19. The van der Waals surface area contributed by atoms with Crippen LogP contribution < -0.4 is 0 Å². The maximum absolute atomic E-state index is 11.7. The van der Waals surface area contributed by atoms with Crippen LogP contribution in [-0.4, -0.2) is 46.7 Å². The minimum Gasteiger partial charge on any atom is -0.468 e. The molecule has 0 radical (unpaired) electrons. The molecule has 0 saturated carbocycles. The summed E-state index contributed by atoms with van der Waals surface area (Å²) in [6, 6.07) is 4.36. The third-order valence-corrected chi connectivity index (χ3v) is 3.84. The van der Waals surface area contributed by atoms with E-state index < -0.39 is 23.0 Å². The van der Waals surface area contributed by atoms with Crippen molar-refractivity contribution in [1.29, 1.82) is 0 Å². The first-order valence-corrected chi connectivity index (χ1v) is 6.67. The van der Waals surface area contributed by atoms with Crippen LogP contribution in [0.4, 0.5) is 5.69 Å². The van der Waals surface area contributed by atoms with Gasteiger partial charge >= 0.3 is 5.97 Å². The lowest BCUT2D eigenvalue weighted by atomic mass is 10.1. The summed E-state index contributed by atoms with van der Waals surface area (Å²) in [7, 11) is 1.31. The Hall–Kier alpha value is -1.99. The van der Waals surface area contributed by atoms with Gasteiger partial charge in [-0.1, -0.05) is 12.1 Å². The Morgan fingerprint density at radius 1 is 1.57 bits per heavy atom. The minimum atomic E-state index is -0.590. The van der Waals surface area contributed by atoms with E-state index in [9.17, 15) is 20.0 Å². The Kier molecular flexibility index (Phi) is 4.54. The zero-order valence-electron chi connectivity index (χ0n) is 12.0. The Labute approximate surface area is 122 Å². The SMILES string of the molecule is COC(=O)[C@@H]1C[C@H](O)CN1Cc1cccc([N+](=O)[O-])c1C. The molecule has 0 aromatic heterocycles. The van der Waals surface area contributed by atoms with Crippen molar-refractivity contribution in [2.24, 2.45) is 0 Å². The summed E-state index contributed by atoms with van der Waals surface area (Å²) in [5.41, 5.74) is 1.40. The van der Waals surface area contributed by atoms with Gasteiger partial charge in [0.15, 0.2) is 0 Å². The van der Waals surface area contributed by atoms with Crippen LogP contribution in [0, 0.1) is 17.0 Å². The number of likely N-dealkylation sites (tertiary alicyclic amines) is 1. The number of esters is 1. The maximum Gasteiger partial charge on any atom is 0.323 e. The van der Waals surface area contributed by atoms with Crippen LogP contribution in [0.25, 0.3) is 0 Å². The second-order valence-electron chi connectivity index (χ2n) is 5.18. The van der Waals surface area contributed by atoms with E-state index >= 15 is 0 Å². The predicted octanol–water partition coefficient (Wildman–Crippen LogP) is 1.01. The van der Waals surface area contributed by atoms with Crippen molar-refractivity contribution in [2.75, 3.05) is 13.7 Å². The monoisotopic (exact) mass is 294 g/mol. The molecular formula is C14H18N2O5. The highest BCUT2D eigenvalue weighted by atomic mass is 16.6. The number of methoxy groups -OCH3 is 1. The summed E-state index contributed by atoms with van der Waals surface area (Å²) in [5, 5.41) is 20.7. The van der Waals surface area contributed by atoms with Gasteiger partial charge in [-0.2, -0.15) is 0 Å². The van der Waals surface area contributed by atoms with Gasteiger partial charge in [0.1, 0.15) is 6.04 Å². The highest BCUT2D eigenvalue weighted by Crippen LogP contribution is 2.26. The van der Waals surface area contributed by atoms with E-state index in [0.29, 0.717) is 25.1 Å². The number of carbonyl (C=O) groups excluding carboxylic acids is 1. The van der Waals surface area contributed by atoms with Gasteiger partial charge < -0.3 is 9.84 Å². The number of nitrogens with zero attached hydrogens (tertiary/aromatic N) is 2. The molecule has 2 atom stereocenters. The number of ether oxygens (including phenoxy) is 1. The summed E-state index contributed by atoms with van der Waals surface area (Å²) in [6.07, 6.45) is -0.270. The molecular weight excluding hydrogens is 276 g/mol. The van der Waals surface area contributed by atoms with Crippen molar-refractivity contribution in [1.82, 2.24) is 4.90 Å². The quantitative estimate of drug-likeness (QED) is 0.506. The van der Waals surface area contributed by atoms with E-state index in [0.717, 1.165) is 5.56 Å². The van der Waals surface area contributed by atoms with E-state index in [1.54, 1.807) is 24.0 Å². The fourth-order valence-electron chi connectivity index (χ4n) is 2.69. The zero-order valence-corrected chi connectivity index (χ0v) is 12.0. The summed E-state index contributed by atoms with van der Waals surface area (Å²) < 4.78 is 4.74. The fourth-order valence-corrected chi connectivity index (χ4v) is 2.69. The van der Waals surface area contributed by atoms with E-state index in [2.05, 4.69) is 0 Å². The first-order chi connectivity index (χ1) is 9.93. The first kappa shape index (κ1) is 15.4. The topological polar surface area (TPSA) is 92.9 Å². The predicted molar refractivity (Wildman–Crippen MR) is 74.7 cm³/mol. The molecule has 2 rings (SSSR count). The Bertz CT molecular complexity index is 560. The molecule has 1 N–H and O–H groups in total. The smallest absolute Gasteiger partial charge is 0.323 e. The highest BCUT2D eigenvalue weighted by molar-refractivity contribution is 5.76. The molecule has 1 aliphatic rings. The normalized spacial score (nSPS) is 22.2. The van der Waals surface area contributed by atoms with Crippen molar-refractivity contribution in [3.63, 3.8) is 0 Å². The van der Waals surface area contributed by atoms with Crippen molar-refractivity contribution < 1.29 is 19.6 Å². The van der Waals surface area contributed by atoms with E-state index in [4.69, 9.17) is 4.74 Å². The molecule has 0 bridgehead atoms. The number of carbonyl (C=O) groups is 1. The van der Waals surface area contributed by atoms with Gasteiger partial charge in [-0.3, -0.25) is 19.8 Å². The van der Waals surface area contributed by atoms with Gasteiger partial charge in [-0.05, 0) is 12.5 Å². The van der Waals surface area contributed by atoms with Crippen LogP contribution >= 0.6 is 0 Å². The average molecular weight is 294 g/mol. The zero-order chi connectivity index (χ0) is 15.6. The number of nitro benzene ring substituents is 1. The molecule has 0 spiro atoms. The molecule has 1 aromatic rings. The lowest BCUT2D eigenvalue weighted by Gasteiger charge is -2.22. The van der Waals surface area contributed by atoms with Crippen LogP contribution in [0.3, 0.4) is 0 Å². The first-order valence-electron chi connectivity index (χ1n) is 6.67. The van der Waals surface area contributed by atoms with Gasteiger partial charge in [0.05, 0.1) is 18.1 Å². The summed E-state index contributed by atoms with van der Waals surface area (Å²) in [5.74, 6) is -0.394. The van der Waals surface area contributed by atoms with Gasteiger partial charge in [0.25, 0.3) is 5.69 Å². The fraction of sp³-hybridized carbons (Fsp3) is 0.500. The molecule has 7 nitrogen and oxygen atoms in total. The summed E-state index contributed by atoms with van der Waals surface area (Å²) in [6.45, 7) is 2.40. The van der Waals surface area contributed by atoms with Crippen molar-refractivity contribution in [2.45, 2.75) is 32.0 Å². The number of hydrogen-bond donors (Lipinski definition) is 1. The molecule has 1 aromatic carbocycles. The molecule has 0 unspecified atom stereocenters. The maximum atomic E-state index is 11.7. The van der Waals surface area contributed by atoms with Gasteiger partial charge in [0.2, 0.25) is 0 Å². The lowest BCUT2D eigenvalue weighted by Crippen LogP contribution is -2.36. The number of nitro groups is 1. The molecule has 114 valence electrons. The summed E-state index contributed by atoms with van der Waals surface area (Å²) in [4.78, 5) is 24.1. The number of aliphatic hydroxyl groups excluding tert-OH is 1. The van der Waals surface area contributed by atoms with Crippen LogP contribution in [0.5, 0.6) is 0 Å². The van der Waals surface area contributed by atoms with Crippen molar-refractivity contribution >= 4 is 11.7 Å². The molecule has 21 heavy (non-hydrogen) atoms. The van der Waals surface area contributed by atoms with Gasteiger partial charge in [0, 0.05) is 31.1 Å². The molecule has 1 aliphatic heterocycles. The van der Waals surface area contributed by atoms with Crippen molar-refractivity contribution in [3.05, 3.63) is 39.4 Å². The van der Waals surface area contributed by atoms with Crippen LogP contribution in [-0.2, 0) is 16.1 Å².